The Morgan fingerprint density at radius 3 is 2.77 bits per heavy atom. The number of hydrogen-bond acceptors (Lipinski definition) is 3. The van der Waals surface area contributed by atoms with E-state index in [1.807, 2.05) is 12.1 Å². The van der Waals surface area contributed by atoms with Crippen molar-refractivity contribution in [1.29, 1.82) is 0 Å². The third-order valence-electron chi connectivity index (χ3n) is 6.58. The zero-order valence-corrected chi connectivity index (χ0v) is 12.5. The van der Waals surface area contributed by atoms with Crippen LogP contribution in [0.4, 0.5) is 0 Å². The van der Waals surface area contributed by atoms with Gasteiger partial charge in [-0.1, -0.05) is 6.07 Å². The van der Waals surface area contributed by atoms with Gasteiger partial charge in [-0.25, -0.2) is 0 Å². The Morgan fingerprint density at radius 2 is 2.00 bits per heavy atom. The number of carboxylic acid groups (broad SMARTS) is 1. The zero-order valence-electron chi connectivity index (χ0n) is 12.5. The molecule has 4 heteroatoms. The summed E-state index contributed by atoms with van der Waals surface area (Å²) in [6, 6.07) is 5.61. The van der Waals surface area contributed by atoms with E-state index in [0.717, 1.165) is 25.7 Å². The molecule has 0 saturated heterocycles. The maximum absolute atomic E-state index is 11.9. The van der Waals surface area contributed by atoms with Crippen LogP contribution in [0.15, 0.2) is 18.2 Å². The molecule has 22 heavy (non-hydrogen) atoms. The van der Waals surface area contributed by atoms with Crippen molar-refractivity contribution in [2.45, 2.75) is 50.5 Å². The number of rotatable bonds is 1. The van der Waals surface area contributed by atoms with Crippen LogP contribution < -0.4 is 0 Å². The van der Waals surface area contributed by atoms with Gasteiger partial charge in [0, 0.05) is 0 Å². The minimum atomic E-state index is -0.921. The van der Waals surface area contributed by atoms with Gasteiger partial charge in [0.05, 0.1) is 11.5 Å². The van der Waals surface area contributed by atoms with Gasteiger partial charge in [0.2, 0.25) is 0 Å². The molecule has 1 aromatic carbocycles. The fraction of sp³-hybridized carbons (Fsp3) is 0.611. The number of aryl methyl sites for hydroxylation is 1. The van der Waals surface area contributed by atoms with Crippen LogP contribution in [0.3, 0.4) is 0 Å². The SMILES string of the molecule is O=C(O)[C@]12CC[C@@H]3c4ccc(O)cc4CC[C@H]3[C@@H]1CCC2O. The number of hydrogen-bond donors (Lipinski definition) is 3. The molecule has 2 saturated carbocycles. The van der Waals surface area contributed by atoms with E-state index < -0.39 is 17.5 Å². The molecule has 1 unspecified atom stereocenters. The van der Waals surface area contributed by atoms with Crippen molar-refractivity contribution in [2.24, 2.45) is 17.3 Å². The number of phenols is 1. The molecule has 0 aliphatic heterocycles. The normalized spacial score (nSPS) is 39.7. The molecule has 0 spiro atoms. The number of carboxylic acids is 1. The summed E-state index contributed by atoms with van der Waals surface area (Å²) < 4.78 is 0. The second-order valence-corrected chi connectivity index (χ2v) is 7.28. The molecular formula is C18H22O4. The van der Waals surface area contributed by atoms with Crippen LogP contribution in [-0.4, -0.2) is 27.4 Å². The van der Waals surface area contributed by atoms with E-state index in [2.05, 4.69) is 0 Å². The third kappa shape index (κ3) is 1.70. The average molecular weight is 302 g/mol. The number of aliphatic carboxylic acids is 1. The van der Waals surface area contributed by atoms with E-state index in [1.54, 1.807) is 6.07 Å². The Labute approximate surface area is 129 Å². The maximum atomic E-state index is 11.9. The van der Waals surface area contributed by atoms with E-state index >= 15 is 0 Å². The molecule has 0 heterocycles. The lowest BCUT2D eigenvalue weighted by molar-refractivity contribution is -0.164. The highest BCUT2D eigenvalue weighted by Crippen LogP contribution is 2.61. The summed E-state index contributed by atoms with van der Waals surface area (Å²) in [5.41, 5.74) is 1.58. The quantitative estimate of drug-likeness (QED) is 0.745. The number of benzene rings is 1. The van der Waals surface area contributed by atoms with Gasteiger partial charge in [-0.15, -0.1) is 0 Å². The average Bonchev–Trinajstić information content (AvgIpc) is 2.85. The number of phenolic OH excluding ortho intramolecular Hbond substituents is 1. The Hall–Kier alpha value is -1.55. The van der Waals surface area contributed by atoms with Gasteiger partial charge in [-0.2, -0.15) is 0 Å². The van der Waals surface area contributed by atoms with Gasteiger partial charge in [0.15, 0.2) is 0 Å². The number of carbonyl (C=O) groups is 1. The summed E-state index contributed by atoms with van der Waals surface area (Å²) in [5, 5.41) is 29.8. The van der Waals surface area contributed by atoms with E-state index in [-0.39, 0.29) is 5.92 Å². The fourth-order valence-corrected chi connectivity index (χ4v) is 5.63. The van der Waals surface area contributed by atoms with Crippen LogP contribution in [0, 0.1) is 17.3 Å². The lowest BCUT2D eigenvalue weighted by atomic mass is 9.54. The van der Waals surface area contributed by atoms with E-state index in [9.17, 15) is 20.1 Å². The molecule has 0 amide bonds. The monoisotopic (exact) mass is 302 g/mol. The number of aliphatic hydroxyl groups is 1. The number of aromatic hydroxyl groups is 1. The van der Waals surface area contributed by atoms with Gasteiger partial charge in [0.25, 0.3) is 0 Å². The van der Waals surface area contributed by atoms with Crippen molar-refractivity contribution in [3.8, 4) is 5.75 Å². The number of fused-ring (bicyclic) bond motifs is 5. The van der Waals surface area contributed by atoms with E-state index in [1.165, 1.54) is 11.1 Å². The lowest BCUT2D eigenvalue weighted by Crippen LogP contribution is -2.50. The van der Waals surface area contributed by atoms with Crippen LogP contribution in [0.2, 0.25) is 0 Å². The minimum absolute atomic E-state index is 0.0840. The smallest absolute Gasteiger partial charge is 0.312 e. The van der Waals surface area contributed by atoms with E-state index in [0.29, 0.717) is 30.4 Å². The Morgan fingerprint density at radius 1 is 1.18 bits per heavy atom. The highest BCUT2D eigenvalue weighted by Gasteiger charge is 2.61. The summed E-state index contributed by atoms with van der Waals surface area (Å²) in [7, 11) is 0. The van der Waals surface area contributed by atoms with Crippen molar-refractivity contribution >= 4 is 5.97 Å². The predicted molar refractivity (Wildman–Crippen MR) is 80.7 cm³/mol. The van der Waals surface area contributed by atoms with Gasteiger partial charge in [0.1, 0.15) is 5.75 Å². The first-order valence-corrected chi connectivity index (χ1v) is 8.27. The van der Waals surface area contributed by atoms with Crippen molar-refractivity contribution in [1.82, 2.24) is 0 Å². The molecule has 0 radical (unpaired) electrons. The maximum Gasteiger partial charge on any atom is 0.312 e. The van der Waals surface area contributed by atoms with Crippen molar-refractivity contribution < 1.29 is 20.1 Å². The molecule has 4 rings (SSSR count). The third-order valence-corrected chi connectivity index (χ3v) is 6.58. The fourth-order valence-electron chi connectivity index (χ4n) is 5.63. The molecule has 3 aliphatic carbocycles. The van der Waals surface area contributed by atoms with Crippen LogP contribution in [-0.2, 0) is 11.2 Å². The molecule has 1 aromatic rings. The van der Waals surface area contributed by atoms with E-state index in [4.69, 9.17) is 0 Å². The first kappa shape index (κ1) is 14.1. The zero-order chi connectivity index (χ0) is 15.5. The van der Waals surface area contributed by atoms with Gasteiger partial charge in [-0.05, 0) is 79.5 Å². The van der Waals surface area contributed by atoms with Crippen LogP contribution >= 0.6 is 0 Å². The molecule has 0 aromatic heterocycles. The first-order valence-electron chi connectivity index (χ1n) is 8.27. The molecule has 3 N–H and O–H groups in total. The van der Waals surface area contributed by atoms with Crippen LogP contribution in [0.1, 0.15) is 49.1 Å². The van der Waals surface area contributed by atoms with Gasteiger partial charge >= 0.3 is 5.97 Å². The molecule has 118 valence electrons. The Balaban J connectivity index is 1.74. The topological polar surface area (TPSA) is 77.8 Å². The minimum Gasteiger partial charge on any atom is -0.508 e. The standard InChI is InChI=1S/C18H22O4/c19-11-2-4-12-10(9-11)1-3-14-13(12)7-8-18(17(21)22)15(14)5-6-16(18)20/h2,4,9,13-16,19-20H,1,3,5-8H2,(H,21,22)/t13-,14-,15+,16?,18-/m1/s1. The van der Waals surface area contributed by atoms with Gasteiger partial charge < -0.3 is 15.3 Å². The van der Waals surface area contributed by atoms with Crippen molar-refractivity contribution in [3.05, 3.63) is 29.3 Å². The summed E-state index contributed by atoms with van der Waals surface area (Å²) in [6.45, 7) is 0. The highest BCUT2D eigenvalue weighted by molar-refractivity contribution is 5.77. The summed E-state index contributed by atoms with van der Waals surface area (Å²) in [6.07, 6.45) is 3.99. The largest absolute Gasteiger partial charge is 0.508 e. The summed E-state index contributed by atoms with van der Waals surface area (Å²) in [5.74, 6) is 0.313. The Kier molecular flexibility index (Phi) is 3.02. The predicted octanol–water partition coefficient (Wildman–Crippen LogP) is 2.67. The lowest BCUT2D eigenvalue weighted by Gasteiger charge is -2.49. The van der Waals surface area contributed by atoms with Gasteiger partial charge in [-0.3, -0.25) is 4.79 Å². The molecule has 4 nitrogen and oxygen atoms in total. The van der Waals surface area contributed by atoms with Crippen LogP contribution in [0.25, 0.3) is 0 Å². The first-order chi connectivity index (χ1) is 10.5. The molecule has 3 aliphatic rings. The van der Waals surface area contributed by atoms with Crippen LogP contribution in [0.5, 0.6) is 5.75 Å². The summed E-state index contributed by atoms with van der Waals surface area (Å²) in [4.78, 5) is 11.9. The van der Waals surface area contributed by atoms with Crippen molar-refractivity contribution in [3.63, 3.8) is 0 Å². The summed E-state index contributed by atoms with van der Waals surface area (Å²) >= 11 is 0. The highest BCUT2D eigenvalue weighted by atomic mass is 16.4. The molecule has 0 bridgehead atoms. The molecular weight excluding hydrogens is 280 g/mol. The molecule has 2 fully saturated rings. The number of aliphatic hydroxyl groups excluding tert-OH is 1. The van der Waals surface area contributed by atoms with Crippen molar-refractivity contribution in [2.75, 3.05) is 0 Å². The second-order valence-electron chi connectivity index (χ2n) is 7.28. The molecule has 5 atom stereocenters. The second kappa shape index (κ2) is 4.72. The Bertz CT molecular complexity index is 626.